The first-order chi connectivity index (χ1) is 15.8. The average Bonchev–Trinajstić information content (AvgIpc) is 2.82. The van der Waals surface area contributed by atoms with E-state index in [1.54, 1.807) is 32.2 Å². The van der Waals surface area contributed by atoms with E-state index in [0.717, 1.165) is 4.57 Å². The van der Waals surface area contributed by atoms with Crippen LogP contribution in [0.25, 0.3) is 5.70 Å². The zero-order valence-corrected chi connectivity index (χ0v) is 19.7. The van der Waals surface area contributed by atoms with Gasteiger partial charge in [-0.05, 0) is 30.2 Å². The molecule has 3 aromatic rings. The lowest BCUT2D eigenvalue weighted by Gasteiger charge is -2.32. The van der Waals surface area contributed by atoms with Gasteiger partial charge in [-0.2, -0.15) is 0 Å². The van der Waals surface area contributed by atoms with E-state index >= 15 is 0 Å². The molecule has 0 saturated carbocycles. The van der Waals surface area contributed by atoms with E-state index in [1.165, 1.54) is 11.6 Å². The number of halogens is 2. The fourth-order valence-electron chi connectivity index (χ4n) is 4.04. The molecule has 33 heavy (non-hydrogen) atoms. The van der Waals surface area contributed by atoms with Crippen molar-refractivity contribution in [2.75, 3.05) is 11.9 Å². The predicted molar refractivity (Wildman–Crippen MR) is 129 cm³/mol. The first-order valence-corrected chi connectivity index (χ1v) is 11.0. The standard InChI is InChI=1S/C24H21Cl2N3O4/c1-4-33-23(31)18-17(14-10-11-15(25)16(26)12-14)19-21(28(2)24(32)29(3)22(19)30)27-20(18)13-8-6-5-7-9-13/h5-12,17,27H,4H2,1-3H3. The lowest BCUT2D eigenvalue weighted by atomic mass is 9.81. The number of hydrogen-bond donors (Lipinski definition) is 1. The highest BCUT2D eigenvalue weighted by molar-refractivity contribution is 6.42. The largest absolute Gasteiger partial charge is 0.463 e. The van der Waals surface area contributed by atoms with Crippen molar-refractivity contribution in [1.82, 2.24) is 9.13 Å². The number of hydrogen-bond acceptors (Lipinski definition) is 5. The Kier molecular flexibility index (Phi) is 6.19. The third-order valence-electron chi connectivity index (χ3n) is 5.62. The Morgan fingerprint density at radius 2 is 1.73 bits per heavy atom. The van der Waals surface area contributed by atoms with Crippen molar-refractivity contribution in [3.63, 3.8) is 0 Å². The first-order valence-electron chi connectivity index (χ1n) is 10.2. The number of aromatic nitrogens is 2. The number of anilines is 1. The summed E-state index contributed by atoms with van der Waals surface area (Å²) in [6, 6.07) is 14.1. The summed E-state index contributed by atoms with van der Waals surface area (Å²) < 4.78 is 7.77. The second-order valence-corrected chi connectivity index (χ2v) is 8.39. The Bertz CT molecular complexity index is 1410. The van der Waals surface area contributed by atoms with E-state index in [9.17, 15) is 14.4 Å². The molecule has 7 nitrogen and oxygen atoms in total. The second kappa shape index (κ2) is 8.92. The third-order valence-corrected chi connectivity index (χ3v) is 6.36. The number of nitrogens with one attached hydrogen (secondary N) is 1. The summed E-state index contributed by atoms with van der Waals surface area (Å²) in [5, 5.41) is 3.79. The number of nitrogens with zero attached hydrogens (tertiary/aromatic N) is 2. The Morgan fingerprint density at radius 3 is 2.36 bits per heavy atom. The van der Waals surface area contributed by atoms with Crippen LogP contribution < -0.4 is 16.6 Å². The molecule has 0 amide bonds. The summed E-state index contributed by atoms with van der Waals surface area (Å²) in [5.41, 5.74) is 1.17. The summed E-state index contributed by atoms with van der Waals surface area (Å²) in [7, 11) is 2.97. The number of carbonyl (C=O) groups is 1. The van der Waals surface area contributed by atoms with E-state index in [1.807, 2.05) is 30.3 Å². The number of carbonyl (C=O) groups excluding carboxylic acids is 1. The predicted octanol–water partition coefficient (Wildman–Crippen LogP) is 3.92. The smallest absolute Gasteiger partial charge is 0.337 e. The Morgan fingerprint density at radius 1 is 1.03 bits per heavy atom. The minimum atomic E-state index is -0.851. The minimum absolute atomic E-state index is 0.149. The molecule has 1 aliphatic rings. The van der Waals surface area contributed by atoms with Gasteiger partial charge in [0.1, 0.15) is 5.82 Å². The number of ether oxygens (including phenoxy) is 1. The highest BCUT2D eigenvalue weighted by atomic mass is 35.5. The molecular weight excluding hydrogens is 465 g/mol. The molecule has 0 bridgehead atoms. The summed E-state index contributed by atoms with van der Waals surface area (Å²) in [5.74, 6) is -1.14. The molecule has 0 spiro atoms. The molecule has 2 aromatic carbocycles. The van der Waals surface area contributed by atoms with Crippen LogP contribution in [0, 0.1) is 0 Å². The van der Waals surface area contributed by atoms with E-state index < -0.39 is 23.1 Å². The maximum absolute atomic E-state index is 13.4. The van der Waals surface area contributed by atoms with E-state index in [4.69, 9.17) is 27.9 Å². The van der Waals surface area contributed by atoms with Crippen LogP contribution in [0.15, 0.2) is 63.7 Å². The number of fused-ring (bicyclic) bond motifs is 1. The van der Waals surface area contributed by atoms with Gasteiger partial charge in [0.25, 0.3) is 5.56 Å². The van der Waals surface area contributed by atoms with Crippen LogP contribution in [-0.2, 0) is 23.6 Å². The van der Waals surface area contributed by atoms with Crippen molar-refractivity contribution in [3.05, 3.63) is 102 Å². The third kappa shape index (κ3) is 3.87. The summed E-state index contributed by atoms with van der Waals surface area (Å²) in [6.07, 6.45) is 0. The van der Waals surface area contributed by atoms with Crippen LogP contribution in [0.5, 0.6) is 0 Å². The molecule has 1 aliphatic heterocycles. The first kappa shape index (κ1) is 22.9. The Balaban J connectivity index is 2.15. The van der Waals surface area contributed by atoms with Crippen molar-refractivity contribution >= 4 is 40.7 Å². The number of esters is 1. The Labute approximate surface area is 199 Å². The fraction of sp³-hybridized carbons (Fsp3) is 0.208. The molecule has 1 N–H and O–H groups in total. The molecule has 170 valence electrons. The monoisotopic (exact) mass is 485 g/mol. The maximum atomic E-state index is 13.4. The van der Waals surface area contributed by atoms with Crippen LogP contribution in [0.3, 0.4) is 0 Å². The molecule has 0 fully saturated rings. The van der Waals surface area contributed by atoms with Crippen LogP contribution in [0.4, 0.5) is 5.82 Å². The van der Waals surface area contributed by atoms with Gasteiger partial charge in [-0.1, -0.05) is 59.6 Å². The van der Waals surface area contributed by atoms with Gasteiger partial charge in [-0.15, -0.1) is 0 Å². The topological polar surface area (TPSA) is 82.3 Å². The highest BCUT2D eigenvalue weighted by Crippen LogP contribution is 2.43. The van der Waals surface area contributed by atoms with Gasteiger partial charge < -0.3 is 10.1 Å². The van der Waals surface area contributed by atoms with Gasteiger partial charge in [0.05, 0.1) is 39.4 Å². The van der Waals surface area contributed by atoms with Crippen LogP contribution in [0.2, 0.25) is 10.0 Å². The molecule has 9 heteroatoms. The van der Waals surface area contributed by atoms with E-state index in [-0.39, 0.29) is 22.8 Å². The average molecular weight is 486 g/mol. The summed E-state index contributed by atoms with van der Waals surface area (Å²) in [6.45, 7) is 1.86. The molecule has 2 heterocycles. The fourth-order valence-corrected chi connectivity index (χ4v) is 4.35. The molecule has 0 radical (unpaired) electrons. The van der Waals surface area contributed by atoms with Crippen molar-refractivity contribution in [2.45, 2.75) is 12.8 Å². The SMILES string of the molecule is CCOC(=O)C1=C(c2ccccc2)Nc2c(c(=O)n(C)c(=O)n2C)C1c1ccc(Cl)c(Cl)c1. The van der Waals surface area contributed by atoms with Gasteiger partial charge in [-0.3, -0.25) is 13.9 Å². The second-order valence-electron chi connectivity index (χ2n) is 7.57. The molecule has 1 atom stereocenters. The molecule has 1 unspecified atom stereocenters. The van der Waals surface area contributed by atoms with Crippen molar-refractivity contribution in [2.24, 2.45) is 14.1 Å². The van der Waals surface area contributed by atoms with E-state index in [0.29, 0.717) is 27.7 Å². The van der Waals surface area contributed by atoms with Crippen molar-refractivity contribution in [1.29, 1.82) is 0 Å². The summed E-state index contributed by atoms with van der Waals surface area (Å²) in [4.78, 5) is 39.4. The number of benzene rings is 2. The van der Waals surface area contributed by atoms with Crippen LogP contribution >= 0.6 is 23.2 Å². The van der Waals surface area contributed by atoms with Gasteiger partial charge in [0, 0.05) is 14.1 Å². The van der Waals surface area contributed by atoms with Gasteiger partial charge in [0.15, 0.2) is 0 Å². The zero-order valence-electron chi connectivity index (χ0n) is 18.2. The molecule has 4 rings (SSSR count). The van der Waals surface area contributed by atoms with Gasteiger partial charge >= 0.3 is 11.7 Å². The highest BCUT2D eigenvalue weighted by Gasteiger charge is 2.39. The lowest BCUT2D eigenvalue weighted by molar-refractivity contribution is -0.138. The minimum Gasteiger partial charge on any atom is -0.463 e. The number of rotatable bonds is 4. The quantitative estimate of drug-likeness (QED) is 0.566. The molecular formula is C24H21Cl2N3O4. The normalized spacial score (nSPS) is 15.1. The Hall–Kier alpha value is -3.29. The van der Waals surface area contributed by atoms with Gasteiger partial charge in [0.2, 0.25) is 0 Å². The van der Waals surface area contributed by atoms with Crippen molar-refractivity contribution < 1.29 is 9.53 Å². The van der Waals surface area contributed by atoms with Crippen molar-refractivity contribution in [3.8, 4) is 0 Å². The van der Waals surface area contributed by atoms with E-state index in [2.05, 4.69) is 5.32 Å². The molecule has 0 aliphatic carbocycles. The summed E-state index contributed by atoms with van der Waals surface area (Å²) >= 11 is 12.4. The van der Waals surface area contributed by atoms with Crippen LogP contribution in [0.1, 0.15) is 29.5 Å². The molecule has 0 saturated heterocycles. The van der Waals surface area contributed by atoms with Crippen LogP contribution in [-0.4, -0.2) is 21.7 Å². The van der Waals surface area contributed by atoms with Gasteiger partial charge in [-0.25, -0.2) is 9.59 Å². The maximum Gasteiger partial charge on any atom is 0.337 e. The lowest BCUT2D eigenvalue weighted by Crippen LogP contribution is -2.43. The zero-order chi connectivity index (χ0) is 23.9. The molecule has 1 aromatic heterocycles.